The number of hydrogen-bond acceptors (Lipinski definition) is 4. The Bertz CT molecular complexity index is 601. The first-order valence-electron chi connectivity index (χ1n) is 5.78. The van der Waals surface area contributed by atoms with E-state index in [0.717, 1.165) is 0 Å². The molecule has 6 nitrogen and oxygen atoms in total. The Labute approximate surface area is 115 Å². The molecule has 100 valence electrons. The van der Waals surface area contributed by atoms with E-state index in [1.54, 1.807) is 48.5 Å². The van der Waals surface area contributed by atoms with Crippen molar-refractivity contribution in [2.24, 2.45) is 21.7 Å². The van der Waals surface area contributed by atoms with Crippen LogP contribution >= 0.6 is 0 Å². The van der Waals surface area contributed by atoms with Gasteiger partial charge < -0.3 is 11.5 Å². The fourth-order valence-electron chi connectivity index (χ4n) is 1.50. The number of carbonyl (C=O) groups excluding carboxylic acids is 2. The summed E-state index contributed by atoms with van der Waals surface area (Å²) in [6.07, 6.45) is 0. The molecule has 0 aliphatic heterocycles. The molecular formula is C14H12N4O2. The van der Waals surface area contributed by atoms with Gasteiger partial charge in [-0.1, -0.05) is 0 Å². The van der Waals surface area contributed by atoms with Crippen molar-refractivity contribution < 1.29 is 9.59 Å². The van der Waals surface area contributed by atoms with Crippen molar-refractivity contribution in [3.8, 4) is 0 Å². The van der Waals surface area contributed by atoms with Crippen molar-refractivity contribution >= 4 is 23.2 Å². The largest absolute Gasteiger partial charge is 0.366 e. The third-order valence-electron chi connectivity index (χ3n) is 2.58. The highest BCUT2D eigenvalue weighted by molar-refractivity contribution is 5.93. The average Bonchev–Trinajstić information content (AvgIpc) is 2.46. The Morgan fingerprint density at radius 1 is 0.650 bits per heavy atom. The number of carbonyl (C=O) groups is 2. The third kappa shape index (κ3) is 3.26. The summed E-state index contributed by atoms with van der Waals surface area (Å²) in [4.78, 5) is 21.8. The molecular weight excluding hydrogens is 256 g/mol. The molecule has 0 aliphatic rings. The van der Waals surface area contributed by atoms with Crippen LogP contribution in [-0.2, 0) is 0 Å². The molecule has 0 heterocycles. The van der Waals surface area contributed by atoms with Crippen LogP contribution in [0.4, 0.5) is 11.4 Å². The monoisotopic (exact) mass is 268 g/mol. The van der Waals surface area contributed by atoms with Crippen LogP contribution in [-0.4, -0.2) is 11.8 Å². The first kappa shape index (κ1) is 13.4. The van der Waals surface area contributed by atoms with E-state index >= 15 is 0 Å². The molecule has 2 aromatic carbocycles. The lowest BCUT2D eigenvalue weighted by Gasteiger charge is -1.97. The number of hydrogen-bond donors (Lipinski definition) is 2. The molecule has 0 fully saturated rings. The van der Waals surface area contributed by atoms with Crippen molar-refractivity contribution in [2.75, 3.05) is 0 Å². The molecule has 4 N–H and O–H groups in total. The fraction of sp³-hybridized carbons (Fsp3) is 0. The van der Waals surface area contributed by atoms with Gasteiger partial charge in [-0.2, -0.15) is 10.2 Å². The lowest BCUT2D eigenvalue weighted by molar-refractivity contribution is 0.0992. The summed E-state index contributed by atoms with van der Waals surface area (Å²) >= 11 is 0. The summed E-state index contributed by atoms with van der Waals surface area (Å²) in [6.45, 7) is 0. The first-order chi connectivity index (χ1) is 9.56. The van der Waals surface area contributed by atoms with Crippen molar-refractivity contribution in [1.29, 1.82) is 0 Å². The summed E-state index contributed by atoms with van der Waals surface area (Å²) < 4.78 is 0. The lowest BCUT2D eigenvalue weighted by atomic mass is 10.2. The second-order valence-electron chi connectivity index (χ2n) is 4.02. The molecule has 2 amide bonds. The summed E-state index contributed by atoms with van der Waals surface area (Å²) in [6, 6.07) is 12.9. The van der Waals surface area contributed by atoms with Gasteiger partial charge in [0.05, 0.1) is 11.4 Å². The molecule has 2 aromatic rings. The van der Waals surface area contributed by atoms with Crippen molar-refractivity contribution in [2.45, 2.75) is 0 Å². The van der Waals surface area contributed by atoms with E-state index in [9.17, 15) is 9.59 Å². The van der Waals surface area contributed by atoms with Gasteiger partial charge in [-0.05, 0) is 48.5 Å². The molecule has 0 spiro atoms. The Balaban J connectivity index is 2.12. The zero-order chi connectivity index (χ0) is 14.5. The van der Waals surface area contributed by atoms with Crippen LogP contribution in [0.25, 0.3) is 0 Å². The molecule has 0 unspecified atom stereocenters. The molecule has 0 bridgehead atoms. The van der Waals surface area contributed by atoms with E-state index in [4.69, 9.17) is 11.5 Å². The van der Waals surface area contributed by atoms with Crippen molar-refractivity contribution in [3.63, 3.8) is 0 Å². The lowest BCUT2D eigenvalue weighted by Crippen LogP contribution is -2.10. The van der Waals surface area contributed by atoms with Gasteiger partial charge in [0.2, 0.25) is 11.8 Å². The van der Waals surface area contributed by atoms with E-state index < -0.39 is 11.8 Å². The van der Waals surface area contributed by atoms with Gasteiger partial charge in [-0.3, -0.25) is 9.59 Å². The minimum Gasteiger partial charge on any atom is -0.366 e. The summed E-state index contributed by atoms with van der Waals surface area (Å²) in [5.41, 5.74) is 12.3. The van der Waals surface area contributed by atoms with Gasteiger partial charge in [0.1, 0.15) is 0 Å². The van der Waals surface area contributed by atoms with Crippen LogP contribution in [0.3, 0.4) is 0 Å². The van der Waals surface area contributed by atoms with Crippen LogP contribution in [0.2, 0.25) is 0 Å². The van der Waals surface area contributed by atoms with E-state index in [1.165, 1.54) is 0 Å². The van der Waals surface area contributed by atoms with Crippen LogP contribution in [0, 0.1) is 0 Å². The molecule has 0 saturated heterocycles. The maximum atomic E-state index is 10.9. The summed E-state index contributed by atoms with van der Waals surface area (Å²) in [5.74, 6) is -0.981. The number of azo groups is 1. The van der Waals surface area contributed by atoms with Gasteiger partial charge in [0, 0.05) is 11.1 Å². The predicted molar refractivity (Wildman–Crippen MR) is 74.1 cm³/mol. The zero-order valence-electron chi connectivity index (χ0n) is 10.5. The minimum atomic E-state index is -0.490. The number of primary amides is 2. The molecule has 20 heavy (non-hydrogen) atoms. The van der Waals surface area contributed by atoms with Gasteiger partial charge in [0.25, 0.3) is 0 Å². The molecule has 0 aromatic heterocycles. The van der Waals surface area contributed by atoms with E-state index in [-0.39, 0.29) is 0 Å². The molecule has 0 aliphatic carbocycles. The number of benzene rings is 2. The second kappa shape index (κ2) is 5.75. The van der Waals surface area contributed by atoms with E-state index in [0.29, 0.717) is 22.5 Å². The SMILES string of the molecule is NC(=O)c1ccc(/N=N/c2ccc(C(N)=O)cc2)cc1. The minimum absolute atomic E-state index is 0.412. The van der Waals surface area contributed by atoms with Crippen LogP contribution in [0.5, 0.6) is 0 Å². The Hall–Kier alpha value is -3.02. The Morgan fingerprint density at radius 3 is 1.20 bits per heavy atom. The second-order valence-corrected chi connectivity index (χ2v) is 4.02. The van der Waals surface area contributed by atoms with Gasteiger partial charge in [0.15, 0.2) is 0 Å². The number of amides is 2. The van der Waals surface area contributed by atoms with Crippen LogP contribution in [0.1, 0.15) is 20.7 Å². The Kier molecular flexibility index (Phi) is 3.85. The quantitative estimate of drug-likeness (QED) is 0.829. The number of rotatable bonds is 4. The van der Waals surface area contributed by atoms with Crippen molar-refractivity contribution in [1.82, 2.24) is 0 Å². The first-order valence-corrected chi connectivity index (χ1v) is 5.78. The zero-order valence-corrected chi connectivity index (χ0v) is 10.5. The molecule has 0 saturated carbocycles. The summed E-state index contributed by atoms with van der Waals surface area (Å²) in [5, 5.41) is 8.02. The predicted octanol–water partition coefficient (Wildman–Crippen LogP) is 2.30. The normalized spacial score (nSPS) is 10.6. The maximum absolute atomic E-state index is 10.9. The third-order valence-corrected chi connectivity index (χ3v) is 2.58. The van der Waals surface area contributed by atoms with E-state index in [1.807, 2.05) is 0 Å². The fourth-order valence-corrected chi connectivity index (χ4v) is 1.50. The van der Waals surface area contributed by atoms with Gasteiger partial charge in [-0.15, -0.1) is 0 Å². The maximum Gasteiger partial charge on any atom is 0.248 e. The topological polar surface area (TPSA) is 111 Å². The summed E-state index contributed by atoms with van der Waals surface area (Å²) in [7, 11) is 0. The van der Waals surface area contributed by atoms with E-state index in [2.05, 4.69) is 10.2 Å². The highest BCUT2D eigenvalue weighted by atomic mass is 16.1. The molecule has 0 atom stereocenters. The van der Waals surface area contributed by atoms with Crippen LogP contribution in [0.15, 0.2) is 58.8 Å². The average molecular weight is 268 g/mol. The van der Waals surface area contributed by atoms with Crippen molar-refractivity contribution in [3.05, 3.63) is 59.7 Å². The molecule has 2 rings (SSSR count). The number of nitrogens with zero attached hydrogens (tertiary/aromatic N) is 2. The number of nitrogens with two attached hydrogens (primary N) is 2. The highest BCUT2D eigenvalue weighted by Gasteiger charge is 2.00. The van der Waals surface area contributed by atoms with Crippen LogP contribution < -0.4 is 11.5 Å². The molecule has 0 radical (unpaired) electrons. The van der Waals surface area contributed by atoms with Gasteiger partial charge in [-0.25, -0.2) is 0 Å². The highest BCUT2D eigenvalue weighted by Crippen LogP contribution is 2.19. The van der Waals surface area contributed by atoms with Gasteiger partial charge >= 0.3 is 0 Å². The Morgan fingerprint density at radius 2 is 0.950 bits per heavy atom. The smallest absolute Gasteiger partial charge is 0.248 e. The standard InChI is InChI=1S/C14H12N4O2/c15-13(19)9-1-5-11(6-2-9)17-18-12-7-3-10(4-8-12)14(16)20/h1-8H,(H2,15,19)(H2,16,20)/b18-17+. The molecule has 6 heteroatoms.